The number of rotatable bonds is 6. The lowest BCUT2D eigenvalue weighted by molar-refractivity contribution is -0.124. The number of hydrogen-bond acceptors (Lipinski definition) is 7. The number of nitrogens with one attached hydrogen (secondary N) is 2. The Morgan fingerprint density at radius 2 is 1.88 bits per heavy atom. The number of benzene rings is 2. The van der Waals surface area contributed by atoms with Crippen molar-refractivity contribution in [2.24, 2.45) is 0 Å². The minimum Gasteiger partial charge on any atom is -0.342 e. The summed E-state index contributed by atoms with van der Waals surface area (Å²) < 4.78 is 0. The lowest BCUT2D eigenvalue weighted by Gasteiger charge is -2.25. The molecule has 33 heavy (non-hydrogen) atoms. The minimum absolute atomic E-state index is 0.236. The van der Waals surface area contributed by atoms with Crippen LogP contribution in [0.25, 0.3) is 0 Å². The molecule has 2 aromatic carbocycles. The molecule has 1 amide bonds. The zero-order valence-corrected chi connectivity index (χ0v) is 19.5. The van der Waals surface area contributed by atoms with E-state index in [0.29, 0.717) is 17.5 Å². The van der Waals surface area contributed by atoms with Crippen molar-refractivity contribution in [3.05, 3.63) is 70.4 Å². The molecule has 1 aliphatic rings. The van der Waals surface area contributed by atoms with Crippen LogP contribution >= 0.6 is 11.6 Å². The van der Waals surface area contributed by atoms with Gasteiger partial charge in [-0.25, -0.2) is 4.98 Å². The predicted molar refractivity (Wildman–Crippen MR) is 130 cm³/mol. The molecular weight excluding hydrogens is 440 g/mol. The van der Waals surface area contributed by atoms with E-state index < -0.39 is 11.7 Å². The highest BCUT2D eigenvalue weighted by molar-refractivity contribution is 6.43. The Morgan fingerprint density at radius 1 is 1.09 bits per heavy atom. The Balaban J connectivity index is 1.57. The number of nitrogens with zero attached hydrogens (tertiary/aromatic N) is 4. The van der Waals surface area contributed by atoms with E-state index in [-0.39, 0.29) is 10.6 Å². The molecule has 8 nitrogen and oxygen atoms in total. The monoisotopic (exact) mass is 464 g/mol. The number of ketones is 1. The van der Waals surface area contributed by atoms with Crippen molar-refractivity contribution < 1.29 is 9.59 Å². The molecular formula is C24H25ClN6O2. The van der Waals surface area contributed by atoms with E-state index in [1.807, 2.05) is 6.07 Å². The number of Topliss-reactive ketones (excluding diaryl/α,β-unsaturated/α-hetero) is 1. The third kappa shape index (κ3) is 5.13. The van der Waals surface area contributed by atoms with E-state index in [2.05, 4.69) is 44.7 Å². The van der Waals surface area contributed by atoms with Gasteiger partial charge in [0.25, 0.3) is 11.7 Å². The molecule has 1 aliphatic heterocycles. The van der Waals surface area contributed by atoms with Gasteiger partial charge in [0.1, 0.15) is 5.02 Å². The number of anilines is 4. The average Bonchev–Trinajstić information content (AvgIpc) is 2.80. The van der Waals surface area contributed by atoms with Crippen molar-refractivity contribution in [1.82, 2.24) is 19.8 Å². The summed E-state index contributed by atoms with van der Waals surface area (Å²) in [4.78, 5) is 37.1. The fourth-order valence-electron chi connectivity index (χ4n) is 3.65. The minimum atomic E-state index is -0.619. The molecule has 0 aliphatic carbocycles. The largest absolute Gasteiger partial charge is 0.342 e. The van der Waals surface area contributed by atoms with Gasteiger partial charge in [0.05, 0.1) is 17.4 Å². The van der Waals surface area contributed by atoms with Crippen molar-refractivity contribution in [2.75, 3.05) is 38.3 Å². The summed E-state index contributed by atoms with van der Waals surface area (Å²) in [6, 6.07) is 13.0. The van der Waals surface area contributed by atoms with Gasteiger partial charge < -0.3 is 20.4 Å². The van der Waals surface area contributed by atoms with Gasteiger partial charge in [0.15, 0.2) is 5.82 Å². The Morgan fingerprint density at radius 3 is 2.67 bits per heavy atom. The molecule has 0 spiro atoms. The number of halogens is 1. The Hall–Kier alpha value is -3.49. The quantitative estimate of drug-likeness (QED) is 0.422. The van der Waals surface area contributed by atoms with Crippen LogP contribution in [0.3, 0.4) is 0 Å². The summed E-state index contributed by atoms with van der Waals surface area (Å²) in [5.74, 6) is -0.542. The van der Waals surface area contributed by atoms with Gasteiger partial charge in [-0.3, -0.25) is 9.59 Å². The van der Waals surface area contributed by atoms with Gasteiger partial charge in [-0.2, -0.15) is 4.98 Å². The fourth-order valence-corrected chi connectivity index (χ4v) is 3.79. The molecule has 0 bridgehead atoms. The number of likely N-dealkylation sites (N-methyl/N-ethyl adjacent to an activating group) is 2. The highest BCUT2D eigenvalue weighted by Crippen LogP contribution is 2.28. The first-order valence-corrected chi connectivity index (χ1v) is 10.9. The van der Waals surface area contributed by atoms with E-state index in [1.54, 1.807) is 24.3 Å². The zero-order chi connectivity index (χ0) is 23.5. The van der Waals surface area contributed by atoms with Crippen LogP contribution in [-0.4, -0.2) is 59.1 Å². The number of hydrogen-bond donors (Lipinski definition) is 2. The van der Waals surface area contributed by atoms with Gasteiger partial charge in [-0.15, -0.1) is 0 Å². The summed E-state index contributed by atoms with van der Waals surface area (Å²) in [5.41, 5.74) is 4.19. The number of aromatic nitrogens is 2. The third-order valence-corrected chi connectivity index (χ3v) is 5.71. The normalized spacial score (nSPS) is 13.2. The summed E-state index contributed by atoms with van der Waals surface area (Å²) in [7, 11) is 5.19. The Kier molecular flexibility index (Phi) is 6.57. The van der Waals surface area contributed by atoms with E-state index in [0.717, 1.165) is 25.2 Å². The van der Waals surface area contributed by atoms with Crippen molar-refractivity contribution in [3.8, 4) is 0 Å². The molecule has 0 saturated heterocycles. The second-order valence-corrected chi connectivity index (χ2v) is 8.59. The first-order valence-electron chi connectivity index (χ1n) is 10.5. The van der Waals surface area contributed by atoms with Crippen LogP contribution in [0, 0.1) is 0 Å². The molecule has 0 saturated carbocycles. The number of para-hydroxylation sites is 1. The standard InChI is InChI=1S/C24H25ClN6O2/c1-30(2)23(33)21(32)18-6-4-5-7-20(18)28-22-19(25)13-26-24(29-22)27-17-9-8-16-14-31(3)11-10-15(16)12-17/h4-9,12-13H,10-11,14H2,1-3H3,(H2,26,27,28,29). The summed E-state index contributed by atoms with van der Waals surface area (Å²) in [6.07, 6.45) is 2.48. The molecule has 1 aromatic heterocycles. The third-order valence-electron chi connectivity index (χ3n) is 5.43. The molecule has 2 heterocycles. The van der Waals surface area contributed by atoms with Crippen LogP contribution < -0.4 is 10.6 Å². The molecule has 170 valence electrons. The average molecular weight is 465 g/mol. The van der Waals surface area contributed by atoms with Gasteiger partial charge in [-0.05, 0) is 48.9 Å². The molecule has 0 atom stereocenters. The first-order chi connectivity index (χ1) is 15.8. The van der Waals surface area contributed by atoms with Crippen LogP contribution in [-0.2, 0) is 17.8 Å². The van der Waals surface area contributed by atoms with Crippen LogP contribution in [0.4, 0.5) is 23.1 Å². The Bertz CT molecular complexity index is 1210. The highest BCUT2D eigenvalue weighted by Gasteiger charge is 2.22. The molecule has 0 fully saturated rings. The molecule has 4 rings (SSSR count). The predicted octanol–water partition coefficient (Wildman–Crippen LogP) is 3.88. The van der Waals surface area contributed by atoms with Crippen molar-refractivity contribution in [3.63, 3.8) is 0 Å². The summed E-state index contributed by atoms with van der Waals surface area (Å²) in [5, 5.41) is 6.59. The number of amides is 1. The molecule has 9 heteroatoms. The molecule has 3 aromatic rings. The maximum Gasteiger partial charge on any atom is 0.294 e. The molecule has 0 radical (unpaired) electrons. The van der Waals surface area contributed by atoms with Crippen LogP contribution in [0.15, 0.2) is 48.7 Å². The van der Waals surface area contributed by atoms with E-state index in [4.69, 9.17) is 11.6 Å². The topological polar surface area (TPSA) is 90.5 Å². The van der Waals surface area contributed by atoms with Gasteiger partial charge in [0.2, 0.25) is 5.95 Å². The van der Waals surface area contributed by atoms with Gasteiger partial charge in [-0.1, -0.05) is 29.8 Å². The van der Waals surface area contributed by atoms with Crippen molar-refractivity contribution in [1.29, 1.82) is 0 Å². The smallest absolute Gasteiger partial charge is 0.294 e. The van der Waals surface area contributed by atoms with Gasteiger partial charge in [0, 0.05) is 32.9 Å². The lowest BCUT2D eigenvalue weighted by Crippen LogP contribution is -2.30. The summed E-state index contributed by atoms with van der Waals surface area (Å²) in [6.45, 7) is 1.96. The maximum atomic E-state index is 12.6. The van der Waals surface area contributed by atoms with Gasteiger partial charge >= 0.3 is 0 Å². The SMILES string of the molecule is CN1CCc2cc(Nc3ncc(Cl)c(Nc4ccccc4C(=O)C(=O)N(C)C)n3)ccc2C1. The molecule has 0 unspecified atom stereocenters. The van der Waals surface area contributed by atoms with E-state index >= 15 is 0 Å². The second-order valence-electron chi connectivity index (χ2n) is 8.19. The molecule has 2 N–H and O–H groups in total. The first kappa shape index (κ1) is 22.7. The fraction of sp³-hybridized carbons (Fsp3) is 0.250. The number of carbonyl (C=O) groups excluding carboxylic acids is 2. The van der Waals surface area contributed by atoms with Crippen molar-refractivity contribution >= 4 is 46.4 Å². The lowest BCUT2D eigenvalue weighted by atomic mass is 9.99. The second kappa shape index (κ2) is 9.56. The van der Waals surface area contributed by atoms with E-state index in [9.17, 15) is 9.59 Å². The number of carbonyl (C=O) groups is 2. The van der Waals surface area contributed by atoms with E-state index in [1.165, 1.54) is 36.3 Å². The summed E-state index contributed by atoms with van der Waals surface area (Å²) >= 11 is 6.32. The van der Waals surface area contributed by atoms with Crippen LogP contribution in [0.2, 0.25) is 5.02 Å². The maximum absolute atomic E-state index is 12.6. The highest BCUT2D eigenvalue weighted by atomic mass is 35.5. The zero-order valence-electron chi connectivity index (χ0n) is 18.7. The Labute approximate surface area is 197 Å². The number of fused-ring (bicyclic) bond motifs is 1. The van der Waals surface area contributed by atoms with Crippen LogP contribution in [0.1, 0.15) is 21.5 Å². The van der Waals surface area contributed by atoms with Crippen molar-refractivity contribution in [2.45, 2.75) is 13.0 Å². The van der Waals surface area contributed by atoms with Crippen LogP contribution in [0.5, 0.6) is 0 Å².